The van der Waals surface area contributed by atoms with E-state index in [-0.39, 0.29) is 22.9 Å². The Morgan fingerprint density at radius 2 is 1.95 bits per heavy atom. The highest BCUT2D eigenvalue weighted by Crippen LogP contribution is 2.26. The maximum atomic E-state index is 13.5. The predicted octanol–water partition coefficient (Wildman–Crippen LogP) is 4.65. The second-order valence-electron chi connectivity index (χ2n) is 4.02. The molecule has 0 fully saturated rings. The van der Waals surface area contributed by atoms with E-state index in [9.17, 15) is 14.5 Å². The summed E-state index contributed by atoms with van der Waals surface area (Å²) in [7, 11) is 0. The van der Waals surface area contributed by atoms with Crippen LogP contribution in [0.15, 0.2) is 36.4 Å². The van der Waals surface area contributed by atoms with Crippen LogP contribution in [0.25, 0.3) is 0 Å². The Kier molecular flexibility index (Phi) is 4.42. The summed E-state index contributed by atoms with van der Waals surface area (Å²) in [4.78, 5) is 10.2. The lowest BCUT2D eigenvalue weighted by Gasteiger charge is -2.08. The van der Waals surface area contributed by atoms with Crippen molar-refractivity contribution >= 4 is 34.6 Å². The maximum absolute atomic E-state index is 13.5. The molecular formula is C13H9Cl2FN2O2. The number of rotatable bonds is 4. The Balaban J connectivity index is 2.17. The molecule has 0 amide bonds. The topological polar surface area (TPSA) is 55.2 Å². The molecule has 1 N–H and O–H groups in total. The van der Waals surface area contributed by atoms with Gasteiger partial charge < -0.3 is 5.32 Å². The van der Waals surface area contributed by atoms with E-state index in [1.807, 2.05) is 0 Å². The monoisotopic (exact) mass is 314 g/mol. The SMILES string of the molecule is O=[N+]([O-])c1cc(CNc2cc(Cl)ccc2F)ccc1Cl. The van der Waals surface area contributed by atoms with Crippen LogP contribution < -0.4 is 5.32 Å². The number of hydrogen-bond acceptors (Lipinski definition) is 3. The van der Waals surface area contributed by atoms with Gasteiger partial charge in [-0.15, -0.1) is 0 Å². The molecule has 20 heavy (non-hydrogen) atoms. The summed E-state index contributed by atoms with van der Waals surface area (Å²) < 4.78 is 13.5. The zero-order valence-electron chi connectivity index (χ0n) is 10.1. The molecule has 0 saturated carbocycles. The van der Waals surface area contributed by atoms with Crippen LogP contribution in [0.3, 0.4) is 0 Å². The van der Waals surface area contributed by atoms with E-state index < -0.39 is 10.7 Å². The number of nitro benzene ring substituents is 1. The van der Waals surface area contributed by atoms with Crippen molar-refractivity contribution in [2.24, 2.45) is 0 Å². The lowest BCUT2D eigenvalue weighted by molar-refractivity contribution is -0.384. The fraction of sp³-hybridized carbons (Fsp3) is 0.0769. The van der Waals surface area contributed by atoms with Crippen LogP contribution >= 0.6 is 23.2 Å². The van der Waals surface area contributed by atoms with Crippen molar-refractivity contribution < 1.29 is 9.31 Å². The van der Waals surface area contributed by atoms with Crippen LogP contribution in [0.1, 0.15) is 5.56 Å². The quantitative estimate of drug-likeness (QED) is 0.660. The third kappa shape index (κ3) is 3.37. The Labute approximate surface area is 124 Å². The van der Waals surface area contributed by atoms with Gasteiger partial charge in [-0.05, 0) is 29.8 Å². The first-order valence-corrected chi connectivity index (χ1v) is 6.34. The van der Waals surface area contributed by atoms with Gasteiger partial charge in [-0.3, -0.25) is 10.1 Å². The van der Waals surface area contributed by atoms with Crippen molar-refractivity contribution in [2.75, 3.05) is 5.32 Å². The van der Waals surface area contributed by atoms with Gasteiger partial charge in [0.15, 0.2) is 0 Å². The minimum Gasteiger partial charge on any atom is -0.379 e. The largest absolute Gasteiger partial charge is 0.379 e. The summed E-state index contributed by atoms with van der Waals surface area (Å²) in [5.41, 5.74) is 0.660. The van der Waals surface area contributed by atoms with Crippen molar-refractivity contribution in [1.82, 2.24) is 0 Å². The normalized spacial score (nSPS) is 10.3. The summed E-state index contributed by atoms with van der Waals surface area (Å²) >= 11 is 11.5. The molecule has 0 radical (unpaired) electrons. The molecule has 7 heteroatoms. The van der Waals surface area contributed by atoms with Crippen LogP contribution in [-0.2, 0) is 6.54 Å². The molecule has 2 rings (SSSR count). The predicted molar refractivity (Wildman–Crippen MR) is 76.8 cm³/mol. The Morgan fingerprint density at radius 3 is 2.65 bits per heavy atom. The molecule has 0 unspecified atom stereocenters. The third-order valence-corrected chi connectivity index (χ3v) is 3.17. The van der Waals surface area contributed by atoms with Crippen LogP contribution in [0.4, 0.5) is 15.8 Å². The molecule has 104 valence electrons. The number of nitro groups is 1. The first-order valence-electron chi connectivity index (χ1n) is 5.59. The van der Waals surface area contributed by atoms with Crippen molar-refractivity contribution in [1.29, 1.82) is 0 Å². The second-order valence-corrected chi connectivity index (χ2v) is 4.86. The summed E-state index contributed by atoms with van der Waals surface area (Å²) in [5, 5.41) is 14.1. The fourth-order valence-electron chi connectivity index (χ4n) is 1.64. The molecule has 0 aliphatic heterocycles. The smallest absolute Gasteiger partial charge is 0.288 e. The van der Waals surface area contributed by atoms with Gasteiger partial charge in [-0.1, -0.05) is 29.3 Å². The second kappa shape index (κ2) is 6.07. The summed E-state index contributed by atoms with van der Waals surface area (Å²) in [6.45, 7) is 0.218. The summed E-state index contributed by atoms with van der Waals surface area (Å²) in [6.07, 6.45) is 0. The van der Waals surface area contributed by atoms with Crippen molar-refractivity contribution in [2.45, 2.75) is 6.54 Å². The molecule has 0 spiro atoms. The Morgan fingerprint density at radius 1 is 1.20 bits per heavy atom. The highest BCUT2D eigenvalue weighted by molar-refractivity contribution is 6.32. The minimum absolute atomic E-state index is 0.0627. The number of halogens is 3. The highest BCUT2D eigenvalue weighted by Gasteiger charge is 2.12. The molecule has 0 aromatic heterocycles. The van der Waals surface area contributed by atoms with E-state index in [0.717, 1.165) is 0 Å². The van der Waals surface area contributed by atoms with E-state index in [2.05, 4.69) is 5.32 Å². The van der Waals surface area contributed by atoms with E-state index in [0.29, 0.717) is 10.6 Å². The van der Waals surface area contributed by atoms with Gasteiger partial charge in [-0.2, -0.15) is 0 Å². The lowest BCUT2D eigenvalue weighted by atomic mass is 10.2. The van der Waals surface area contributed by atoms with Gasteiger partial charge in [0.25, 0.3) is 5.69 Å². The maximum Gasteiger partial charge on any atom is 0.288 e. The average molecular weight is 315 g/mol. The Hall–Kier alpha value is -1.85. The molecular weight excluding hydrogens is 306 g/mol. The molecule has 0 aliphatic carbocycles. The molecule has 0 heterocycles. The zero-order chi connectivity index (χ0) is 14.7. The first kappa shape index (κ1) is 14.6. The molecule has 0 aliphatic rings. The van der Waals surface area contributed by atoms with E-state index in [4.69, 9.17) is 23.2 Å². The number of nitrogens with one attached hydrogen (secondary N) is 1. The van der Waals surface area contributed by atoms with E-state index in [1.54, 1.807) is 6.07 Å². The lowest BCUT2D eigenvalue weighted by Crippen LogP contribution is -2.02. The van der Waals surface area contributed by atoms with Crippen molar-refractivity contribution in [3.05, 3.63) is 67.9 Å². The molecule has 0 atom stereocenters. The van der Waals surface area contributed by atoms with Crippen molar-refractivity contribution in [3.63, 3.8) is 0 Å². The van der Waals surface area contributed by atoms with Gasteiger partial charge in [0, 0.05) is 17.6 Å². The van der Waals surface area contributed by atoms with E-state index in [1.165, 1.54) is 30.3 Å². The van der Waals surface area contributed by atoms with E-state index >= 15 is 0 Å². The van der Waals surface area contributed by atoms with Crippen molar-refractivity contribution in [3.8, 4) is 0 Å². The Bertz CT molecular complexity index is 665. The van der Waals surface area contributed by atoms with Crippen LogP contribution in [0.2, 0.25) is 10.0 Å². The standard InChI is InChI=1S/C13H9Cl2FN2O2/c14-9-2-4-11(16)12(6-9)17-7-8-1-3-10(15)13(5-8)18(19)20/h1-6,17H,7H2. The van der Waals surface area contributed by atoms with Crippen LogP contribution in [-0.4, -0.2) is 4.92 Å². The van der Waals surface area contributed by atoms with Gasteiger partial charge in [0.1, 0.15) is 10.8 Å². The molecule has 0 bridgehead atoms. The summed E-state index contributed by atoms with van der Waals surface area (Å²) in [5.74, 6) is -0.446. The number of anilines is 1. The summed E-state index contributed by atoms with van der Waals surface area (Å²) in [6, 6.07) is 8.54. The molecule has 2 aromatic carbocycles. The number of benzene rings is 2. The number of hydrogen-bond donors (Lipinski definition) is 1. The third-order valence-electron chi connectivity index (χ3n) is 2.62. The molecule has 4 nitrogen and oxygen atoms in total. The van der Waals surface area contributed by atoms with Gasteiger partial charge in [-0.25, -0.2) is 4.39 Å². The first-order chi connectivity index (χ1) is 9.47. The minimum atomic E-state index is -0.564. The number of nitrogens with zero attached hydrogens (tertiary/aromatic N) is 1. The fourth-order valence-corrected chi connectivity index (χ4v) is 2.00. The zero-order valence-corrected chi connectivity index (χ0v) is 11.6. The van der Waals surface area contributed by atoms with Gasteiger partial charge >= 0.3 is 0 Å². The highest BCUT2D eigenvalue weighted by atomic mass is 35.5. The van der Waals surface area contributed by atoms with Crippen LogP contribution in [0.5, 0.6) is 0 Å². The molecule has 2 aromatic rings. The molecule has 0 saturated heterocycles. The average Bonchev–Trinajstić information content (AvgIpc) is 2.41. The van der Waals surface area contributed by atoms with Gasteiger partial charge in [0.2, 0.25) is 0 Å². The van der Waals surface area contributed by atoms with Crippen LogP contribution in [0, 0.1) is 15.9 Å². The van der Waals surface area contributed by atoms with Gasteiger partial charge in [0.05, 0.1) is 10.6 Å².